The highest BCUT2D eigenvalue weighted by Gasteiger charge is 2.13. The first-order valence-electron chi connectivity index (χ1n) is 7.96. The van der Waals surface area contributed by atoms with Crippen LogP contribution in [0.2, 0.25) is 0 Å². The molecule has 5 nitrogen and oxygen atoms in total. The molecule has 128 valence electrons. The molecule has 24 heavy (non-hydrogen) atoms. The Kier molecular flexibility index (Phi) is 5.44. The lowest BCUT2D eigenvalue weighted by molar-refractivity contribution is -0.117. The van der Waals surface area contributed by atoms with E-state index in [0.717, 1.165) is 33.8 Å². The first-order chi connectivity index (χ1) is 11.3. The predicted octanol–water partition coefficient (Wildman–Crippen LogP) is 3.24. The summed E-state index contributed by atoms with van der Waals surface area (Å²) in [6, 6.07) is 5.80. The lowest BCUT2D eigenvalue weighted by Crippen LogP contribution is -2.25. The molecule has 1 N–H and O–H groups in total. The van der Waals surface area contributed by atoms with Crippen molar-refractivity contribution in [2.24, 2.45) is 7.05 Å². The van der Waals surface area contributed by atoms with Crippen LogP contribution < -0.4 is 10.1 Å². The first-order valence-corrected chi connectivity index (χ1v) is 7.96. The fourth-order valence-corrected chi connectivity index (χ4v) is 2.72. The van der Waals surface area contributed by atoms with Crippen LogP contribution in [-0.2, 0) is 11.8 Å². The summed E-state index contributed by atoms with van der Waals surface area (Å²) in [6.07, 6.45) is 3.36. The zero-order chi connectivity index (χ0) is 17.9. The minimum Gasteiger partial charge on any atom is -0.496 e. The van der Waals surface area contributed by atoms with Crippen LogP contribution in [0.25, 0.3) is 6.08 Å². The quantitative estimate of drug-likeness (QED) is 0.858. The Labute approximate surface area is 143 Å². The molecule has 0 aliphatic carbocycles. The molecule has 0 aliphatic rings. The Morgan fingerprint density at radius 3 is 2.62 bits per heavy atom. The van der Waals surface area contributed by atoms with Gasteiger partial charge in [0.1, 0.15) is 5.75 Å². The van der Waals surface area contributed by atoms with E-state index in [1.54, 1.807) is 13.2 Å². The molecule has 1 aromatic carbocycles. The highest BCUT2D eigenvalue weighted by atomic mass is 16.5. The zero-order valence-corrected chi connectivity index (χ0v) is 15.2. The lowest BCUT2D eigenvalue weighted by Gasteiger charge is -2.17. The number of carbonyl (C=O) groups is 1. The van der Waals surface area contributed by atoms with E-state index in [4.69, 9.17) is 4.74 Å². The molecule has 0 bridgehead atoms. The van der Waals surface area contributed by atoms with Crippen molar-refractivity contribution in [3.63, 3.8) is 0 Å². The van der Waals surface area contributed by atoms with Crippen LogP contribution in [0.3, 0.4) is 0 Å². The van der Waals surface area contributed by atoms with Crippen LogP contribution >= 0.6 is 0 Å². The minimum absolute atomic E-state index is 0.145. The third-order valence-electron chi connectivity index (χ3n) is 4.18. The van der Waals surface area contributed by atoms with E-state index in [2.05, 4.69) is 10.4 Å². The third kappa shape index (κ3) is 3.85. The zero-order valence-electron chi connectivity index (χ0n) is 15.2. The maximum Gasteiger partial charge on any atom is 0.244 e. The molecule has 5 heteroatoms. The van der Waals surface area contributed by atoms with E-state index in [-0.39, 0.29) is 11.9 Å². The molecule has 0 radical (unpaired) electrons. The van der Waals surface area contributed by atoms with E-state index < -0.39 is 0 Å². The van der Waals surface area contributed by atoms with Crippen LogP contribution in [0, 0.1) is 20.8 Å². The maximum absolute atomic E-state index is 12.2. The smallest absolute Gasteiger partial charge is 0.244 e. The third-order valence-corrected chi connectivity index (χ3v) is 4.18. The maximum atomic E-state index is 12.2. The summed E-state index contributed by atoms with van der Waals surface area (Å²) in [5.74, 6) is 0.630. The number of nitrogens with zero attached hydrogens (tertiary/aromatic N) is 2. The molecule has 0 saturated carbocycles. The molecule has 1 amide bonds. The number of aromatic nitrogens is 2. The summed E-state index contributed by atoms with van der Waals surface area (Å²) in [5.41, 5.74) is 5.02. The van der Waals surface area contributed by atoms with Gasteiger partial charge in [-0.15, -0.1) is 0 Å². The van der Waals surface area contributed by atoms with Crippen molar-refractivity contribution in [3.8, 4) is 5.75 Å². The molecule has 1 heterocycles. The van der Waals surface area contributed by atoms with Gasteiger partial charge in [0.2, 0.25) is 5.91 Å². The molecular weight excluding hydrogens is 302 g/mol. The molecule has 0 aliphatic heterocycles. The Bertz CT molecular complexity index is 775. The van der Waals surface area contributed by atoms with Gasteiger partial charge in [-0.1, -0.05) is 17.7 Å². The summed E-state index contributed by atoms with van der Waals surface area (Å²) in [5, 5.41) is 7.33. The van der Waals surface area contributed by atoms with Gasteiger partial charge in [-0.25, -0.2) is 0 Å². The lowest BCUT2D eigenvalue weighted by atomic mass is 10.0. The number of amides is 1. The number of carbonyl (C=O) groups excluding carboxylic acids is 1. The Morgan fingerprint density at radius 2 is 2.04 bits per heavy atom. The Morgan fingerprint density at radius 1 is 1.33 bits per heavy atom. The van der Waals surface area contributed by atoms with Crippen LogP contribution in [0.5, 0.6) is 5.75 Å². The van der Waals surface area contributed by atoms with Gasteiger partial charge in [-0.05, 0) is 39.8 Å². The average molecular weight is 327 g/mol. The fraction of sp³-hybridized carbons (Fsp3) is 0.368. The summed E-state index contributed by atoms with van der Waals surface area (Å²) in [4.78, 5) is 12.2. The van der Waals surface area contributed by atoms with Crippen molar-refractivity contribution in [1.29, 1.82) is 0 Å². The summed E-state index contributed by atoms with van der Waals surface area (Å²) < 4.78 is 7.20. The van der Waals surface area contributed by atoms with Gasteiger partial charge in [0.05, 0.1) is 18.8 Å². The van der Waals surface area contributed by atoms with Crippen molar-refractivity contribution < 1.29 is 9.53 Å². The van der Waals surface area contributed by atoms with E-state index >= 15 is 0 Å². The number of hydrogen-bond acceptors (Lipinski definition) is 3. The standard InChI is InChI=1S/C19H25N3O2/c1-12-7-9-18(24-6)17(11-12)13(2)20-19(23)10-8-16-14(3)21-22(5)15(16)4/h7-11,13H,1-6H3,(H,20,23)/b10-8+. The molecule has 1 atom stereocenters. The first kappa shape index (κ1) is 17.8. The number of ether oxygens (including phenoxy) is 1. The second kappa shape index (κ2) is 7.34. The second-order valence-electron chi connectivity index (χ2n) is 6.02. The molecule has 1 unspecified atom stereocenters. The van der Waals surface area contributed by atoms with Crippen LogP contribution in [-0.4, -0.2) is 22.8 Å². The van der Waals surface area contributed by atoms with Crippen molar-refractivity contribution >= 4 is 12.0 Å². The molecular formula is C19H25N3O2. The Balaban J connectivity index is 2.12. The van der Waals surface area contributed by atoms with E-state index in [1.807, 2.05) is 63.7 Å². The van der Waals surface area contributed by atoms with Gasteiger partial charge >= 0.3 is 0 Å². The fourth-order valence-electron chi connectivity index (χ4n) is 2.72. The van der Waals surface area contributed by atoms with Crippen molar-refractivity contribution in [3.05, 3.63) is 52.4 Å². The minimum atomic E-state index is -0.145. The predicted molar refractivity (Wildman–Crippen MR) is 96.0 cm³/mol. The summed E-state index contributed by atoms with van der Waals surface area (Å²) in [6.45, 7) is 7.89. The number of benzene rings is 1. The van der Waals surface area contributed by atoms with Crippen molar-refractivity contribution in [2.45, 2.75) is 33.7 Å². The number of nitrogens with one attached hydrogen (secondary N) is 1. The van der Waals surface area contributed by atoms with Gasteiger partial charge in [0.25, 0.3) is 0 Å². The van der Waals surface area contributed by atoms with Gasteiger partial charge in [0.15, 0.2) is 0 Å². The van der Waals surface area contributed by atoms with E-state index in [9.17, 15) is 4.79 Å². The number of rotatable bonds is 5. The number of hydrogen-bond donors (Lipinski definition) is 1. The highest BCUT2D eigenvalue weighted by molar-refractivity contribution is 5.92. The number of methoxy groups -OCH3 is 1. The SMILES string of the molecule is COc1ccc(C)cc1C(C)NC(=O)/C=C/c1c(C)nn(C)c1C. The van der Waals surface area contributed by atoms with E-state index in [0.29, 0.717) is 0 Å². The highest BCUT2D eigenvalue weighted by Crippen LogP contribution is 2.26. The van der Waals surface area contributed by atoms with Crippen molar-refractivity contribution in [1.82, 2.24) is 15.1 Å². The van der Waals surface area contributed by atoms with E-state index in [1.165, 1.54) is 0 Å². The molecule has 2 aromatic rings. The molecule has 1 aromatic heterocycles. The summed E-state index contributed by atoms with van der Waals surface area (Å²) in [7, 11) is 3.53. The molecule has 0 saturated heterocycles. The topological polar surface area (TPSA) is 56.1 Å². The van der Waals surface area contributed by atoms with Gasteiger partial charge in [-0.2, -0.15) is 5.10 Å². The largest absolute Gasteiger partial charge is 0.496 e. The van der Waals surface area contributed by atoms with Gasteiger partial charge in [0, 0.05) is 29.9 Å². The number of aryl methyl sites for hydroxylation is 3. The second-order valence-corrected chi connectivity index (χ2v) is 6.02. The summed E-state index contributed by atoms with van der Waals surface area (Å²) >= 11 is 0. The van der Waals surface area contributed by atoms with Gasteiger partial charge in [-0.3, -0.25) is 9.48 Å². The normalized spacial score (nSPS) is 12.4. The molecule has 0 fully saturated rings. The monoisotopic (exact) mass is 327 g/mol. The van der Waals surface area contributed by atoms with Crippen LogP contribution in [0.4, 0.5) is 0 Å². The average Bonchev–Trinajstić information content (AvgIpc) is 2.78. The molecule has 0 spiro atoms. The van der Waals surface area contributed by atoms with Gasteiger partial charge < -0.3 is 10.1 Å². The Hall–Kier alpha value is -2.56. The van der Waals surface area contributed by atoms with Crippen LogP contribution in [0.15, 0.2) is 24.3 Å². The van der Waals surface area contributed by atoms with Crippen LogP contribution in [0.1, 0.15) is 41.0 Å². The molecule has 2 rings (SSSR count). The van der Waals surface area contributed by atoms with Crippen molar-refractivity contribution in [2.75, 3.05) is 7.11 Å².